The van der Waals surface area contributed by atoms with Gasteiger partial charge in [0.05, 0.1) is 11.4 Å². The molecule has 23 heavy (non-hydrogen) atoms. The Morgan fingerprint density at radius 1 is 1.26 bits per heavy atom. The predicted octanol–water partition coefficient (Wildman–Crippen LogP) is 1.56. The molecule has 0 radical (unpaired) electrons. The number of hydrogen-bond acceptors (Lipinski definition) is 5. The third-order valence-corrected chi connectivity index (χ3v) is 5.02. The van der Waals surface area contributed by atoms with Crippen LogP contribution in [0.1, 0.15) is 23.0 Å². The third-order valence-electron chi connectivity index (χ3n) is 3.18. The summed E-state index contributed by atoms with van der Waals surface area (Å²) in [7, 11) is -3.62. The highest BCUT2D eigenvalue weighted by atomic mass is 32.2. The predicted molar refractivity (Wildman–Crippen MR) is 85.6 cm³/mol. The number of amides is 1. The fraction of sp³-hybridized carbons (Fsp3) is 0.200. The molecule has 1 aromatic carbocycles. The molecular weight excluding hydrogens is 318 g/mol. The number of hydrogen-bond donors (Lipinski definition) is 2. The maximum Gasteiger partial charge on any atom is 0.293 e. The standard InChI is InChI=1S/C15H17N3O4S/c1-2-18(13-8-9-16-14(10-13)15(19)17-20)23(21,22)11-12-6-4-3-5-7-12/h3-10,20H,2,11H2,1H3,(H,17,19). The van der Waals surface area contributed by atoms with E-state index < -0.39 is 15.9 Å². The molecule has 2 aromatic rings. The van der Waals surface area contributed by atoms with Crippen LogP contribution in [0.3, 0.4) is 0 Å². The fourth-order valence-electron chi connectivity index (χ4n) is 2.16. The largest absolute Gasteiger partial charge is 0.293 e. The van der Waals surface area contributed by atoms with Crippen molar-refractivity contribution in [3.63, 3.8) is 0 Å². The summed E-state index contributed by atoms with van der Waals surface area (Å²) in [6.45, 7) is 1.91. The van der Waals surface area contributed by atoms with Gasteiger partial charge in [-0.1, -0.05) is 30.3 Å². The van der Waals surface area contributed by atoms with Gasteiger partial charge in [-0.25, -0.2) is 13.9 Å². The number of nitrogens with one attached hydrogen (secondary N) is 1. The summed E-state index contributed by atoms with van der Waals surface area (Å²) < 4.78 is 26.5. The van der Waals surface area contributed by atoms with E-state index in [-0.39, 0.29) is 18.0 Å². The van der Waals surface area contributed by atoms with Gasteiger partial charge in [0.1, 0.15) is 5.69 Å². The molecule has 0 aliphatic rings. The summed E-state index contributed by atoms with van der Waals surface area (Å²) in [5.74, 6) is -0.950. The molecule has 0 atom stereocenters. The Labute approximate surface area is 134 Å². The Hall–Kier alpha value is -2.45. The van der Waals surface area contributed by atoms with Gasteiger partial charge >= 0.3 is 0 Å². The molecule has 0 fully saturated rings. The lowest BCUT2D eigenvalue weighted by molar-refractivity contribution is 0.0701. The van der Waals surface area contributed by atoms with Gasteiger partial charge in [0, 0.05) is 12.7 Å². The number of pyridine rings is 1. The lowest BCUT2D eigenvalue weighted by Crippen LogP contribution is -2.32. The van der Waals surface area contributed by atoms with E-state index in [0.717, 1.165) is 0 Å². The van der Waals surface area contributed by atoms with E-state index >= 15 is 0 Å². The SMILES string of the molecule is CCN(c1ccnc(C(=O)NO)c1)S(=O)(=O)Cc1ccccc1. The summed E-state index contributed by atoms with van der Waals surface area (Å²) in [6, 6.07) is 11.7. The minimum Gasteiger partial charge on any atom is -0.288 e. The molecule has 0 saturated heterocycles. The maximum absolute atomic E-state index is 12.6. The first-order valence-corrected chi connectivity index (χ1v) is 8.53. The summed E-state index contributed by atoms with van der Waals surface area (Å²) in [5, 5.41) is 8.66. The summed E-state index contributed by atoms with van der Waals surface area (Å²) in [5.41, 5.74) is 2.39. The van der Waals surface area contributed by atoms with Crippen LogP contribution in [0.25, 0.3) is 0 Å². The van der Waals surface area contributed by atoms with Gasteiger partial charge in [0.2, 0.25) is 10.0 Å². The Balaban J connectivity index is 2.33. The number of aromatic nitrogens is 1. The highest BCUT2D eigenvalue weighted by molar-refractivity contribution is 7.92. The summed E-state index contributed by atoms with van der Waals surface area (Å²) >= 11 is 0. The number of hydroxylamine groups is 1. The molecule has 0 aliphatic heterocycles. The molecule has 1 amide bonds. The number of nitrogens with zero attached hydrogens (tertiary/aromatic N) is 2. The third kappa shape index (κ3) is 4.05. The molecule has 1 aromatic heterocycles. The van der Waals surface area contributed by atoms with E-state index in [4.69, 9.17) is 5.21 Å². The van der Waals surface area contributed by atoms with Crippen molar-refractivity contribution in [2.24, 2.45) is 0 Å². The van der Waals surface area contributed by atoms with Gasteiger partial charge < -0.3 is 0 Å². The average molecular weight is 335 g/mol. The smallest absolute Gasteiger partial charge is 0.288 e. The van der Waals surface area contributed by atoms with E-state index in [2.05, 4.69) is 4.98 Å². The molecule has 7 nitrogen and oxygen atoms in total. The quantitative estimate of drug-likeness (QED) is 0.616. The first kappa shape index (κ1) is 16.9. The molecule has 2 N–H and O–H groups in total. The average Bonchev–Trinajstić information content (AvgIpc) is 2.55. The Morgan fingerprint density at radius 3 is 2.57 bits per heavy atom. The van der Waals surface area contributed by atoms with E-state index in [0.29, 0.717) is 11.3 Å². The van der Waals surface area contributed by atoms with Crippen LogP contribution < -0.4 is 9.79 Å². The van der Waals surface area contributed by atoms with Crippen molar-refractivity contribution in [3.05, 3.63) is 59.9 Å². The van der Waals surface area contributed by atoms with E-state index in [1.807, 2.05) is 6.07 Å². The minimum atomic E-state index is -3.62. The normalized spacial score (nSPS) is 11.0. The number of anilines is 1. The van der Waals surface area contributed by atoms with Crippen molar-refractivity contribution in [3.8, 4) is 0 Å². The topological polar surface area (TPSA) is 99.6 Å². The van der Waals surface area contributed by atoms with Crippen LogP contribution in [0.2, 0.25) is 0 Å². The van der Waals surface area contributed by atoms with E-state index in [1.54, 1.807) is 31.2 Å². The van der Waals surface area contributed by atoms with Crippen molar-refractivity contribution in [2.75, 3.05) is 10.8 Å². The molecule has 0 unspecified atom stereocenters. The molecule has 0 spiro atoms. The van der Waals surface area contributed by atoms with Crippen molar-refractivity contribution < 1.29 is 18.4 Å². The molecule has 0 bridgehead atoms. The Morgan fingerprint density at radius 2 is 1.96 bits per heavy atom. The number of benzene rings is 1. The van der Waals surface area contributed by atoms with Gasteiger partial charge in [0.15, 0.2) is 0 Å². The molecule has 1 heterocycles. The summed E-state index contributed by atoms with van der Waals surface area (Å²) in [4.78, 5) is 15.2. The second-order valence-corrected chi connectivity index (χ2v) is 6.64. The molecular formula is C15H17N3O4S. The Bertz CT molecular complexity index is 778. The molecule has 0 aliphatic carbocycles. The molecule has 2 rings (SSSR count). The van der Waals surface area contributed by atoms with Crippen LogP contribution in [-0.2, 0) is 15.8 Å². The first-order valence-electron chi connectivity index (χ1n) is 6.92. The number of rotatable bonds is 6. The van der Waals surface area contributed by atoms with E-state index in [9.17, 15) is 13.2 Å². The van der Waals surface area contributed by atoms with Crippen LogP contribution in [0.15, 0.2) is 48.7 Å². The number of carbonyl (C=O) groups is 1. The second-order valence-electron chi connectivity index (χ2n) is 4.75. The second kappa shape index (κ2) is 7.21. The molecule has 8 heteroatoms. The highest BCUT2D eigenvalue weighted by Crippen LogP contribution is 2.21. The highest BCUT2D eigenvalue weighted by Gasteiger charge is 2.22. The van der Waals surface area contributed by atoms with Crippen molar-refractivity contribution in [2.45, 2.75) is 12.7 Å². The van der Waals surface area contributed by atoms with Gasteiger partial charge in [-0.2, -0.15) is 0 Å². The lowest BCUT2D eigenvalue weighted by Gasteiger charge is -2.23. The van der Waals surface area contributed by atoms with Crippen LogP contribution >= 0.6 is 0 Å². The number of sulfonamides is 1. The zero-order valence-corrected chi connectivity index (χ0v) is 13.3. The van der Waals surface area contributed by atoms with Crippen LogP contribution in [0.4, 0.5) is 5.69 Å². The van der Waals surface area contributed by atoms with Crippen molar-refractivity contribution >= 4 is 21.6 Å². The summed E-state index contributed by atoms with van der Waals surface area (Å²) in [6.07, 6.45) is 1.32. The number of carbonyl (C=O) groups excluding carboxylic acids is 1. The first-order chi connectivity index (χ1) is 11.0. The molecule has 0 saturated carbocycles. The van der Waals surface area contributed by atoms with Gasteiger partial charge in [-0.15, -0.1) is 0 Å². The van der Waals surface area contributed by atoms with Crippen LogP contribution in [0, 0.1) is 0 Å². The minimum absolute atomic E-state index is 0.0710. The van der Waals surface area contributed by atoms with Gasteiger partial charge in [-0.3, -0.25) is 19.3 Å². The monoisotopic (exact) mass is 335 g/mol. The van der Waals surface area contributed by atoms with Crippen LogP contribution in [-0.4, -0.2) is 31.1 Å². The van der Waals surface area contributed by atoms with Crippen LogP contribution in [0.5, 0.6) is 0 Å². The maximum atomic E-state index is 12.6. The van der Waals surface area contributed by atoms with Gasteiger partial charge in [0.25, 0.3) is 5.91 Å². The Kier molecular flexibility index (Phi) is 5.30. The van der Waals surface area contributed by atoms with Gasteiger partial charge in [-0.05, 0) is 24.6 Å². The zero-order chi connectivity index (χ0) is 16.9. The molecule has 122 valence electrons. The van der Waals surface area contributed by atoms with Crippen molar-refractivity contribution in [1.82, 2.24) is 10.5 Å². The fourth-order valence-corrected chi connectivity index (χ4v) is 3.76. The van der Waals surface area contributed by atoms with Crippen molar-refractivity contribution in [1.29, 1.82) is 0 Å². The zero-order valence-electron chi connectivity index (χ0n) is 12.5. The lowest BCUT2D eigenvalue weighted by atomic mass is 10.2. The van der Waals surface area contributed by atoms with E-state index in [1.165, 1.54) is 28.1 Å².